The summed E-state index contributed by atoms with van der Waals surface area (Å²) < 4.78 is -0.889. The third-order valence-corrected chi connectivity index (χ3v) is 3.24. The van der Waals surface area contributed by atoms with Gasteiger partial charge in [-0.15, -0.1) is 0 Å². The van der Waals surface area contributed by atoms with Crippen LogP contribution in [0.4, 0.5) is 4.79 Å². The monoisotopic (exact) mass is 307 g/mol. The van der Waals surface area contributed by atoms with Gasteiger partial charge in [0.05, 0.1) is 6.04 Å². The largest absolute Gasteiger partial charge is 0.313 e. The lowest BCUT2D eigenvalue weighted by molar-refractivity contribution is 0.275. The number of nitrogens with one attached hydrogen (secondary N) is 1. The van der Waals surface area contributed by atoms with Crippen LogP contribution in [-0.2, 0) is 6.42 Å². The average Bonchev–Trinajstić information content (AvgIpc) is 2.47. The van der Waals surface area contributed by atoms with Gasteiger partial charge in [0, 0.05) is 6.54 Å². The maximum absolute atomic E-state index is 8.98. The fraction of sp³-hybridized carbons (Fsp3) is 0.188. The molecular weight excluding hydrogens is 293 g/mol. The van der Waals surface area contributed by atoms with Crippen molar-refractivity contribution >= 4 is 27.9 Å². The van der Waals surface area contributed by atoms with Crippen LogP contribution in [-0.4, -0.2) is 11.2 Å². The molecule has 1 aliphatic heterocycles. The van der Waals surface area contributed by atoms with E-state index in [9.17, 15) is 0 Å². The second-order valence-corrected chi connectivity index (χ2v) is 5.35. The minimum absolute atomic E-state index is 0.367. The molecule has 1 atom stereocenters. The molecule has 0 unspecified atom stereocenters. The minimum atomic E-state index is -0.889. The summed E-state index contributed by atoms with van der Waals surface area (Å²) in [6.45, 7) is 1.07. The molecule has 0 saturated heterocycles. The lowest BCUT2D eigenvalue weighted by Crippen LogP contribution is -2.30. The van der Waals surface area contributed by atoms with Crippen LogP contribution in [0.25, 0.3) is 0 Å². The van der Waals surface area contributed by atoms with Crippen LogP contribution >= 0.6 is 23.2 Å². The molecule has 1 N–H and O–H groups in total. The molecule has 2 nitrogen and oxygen atoms in total. The van der Waals surface area contributed by atoms with Gasteiger partial charge in [-0.25, -0.2) is 0 Å². The molecule has 0 aliphatic carbocycles. The van der Waals surface area contributed by atoms with E-state index in [2.05, 4.69) is 83.1 Å². The van der Waals surface area contributed by atoms with Gasteiger partial charge >= 0.3 is 4.70 Å². The molecule has 20 heavy (non-hydrogen) atoms. The highest BCUT2D eigenvalue weighted by Gasteiger charge is 2.19. The zero-order valence-corrected chi connectivity index (χ0v) is 12.4. The second-order valence-electron chi connectivity index (χ2n) is 4.47. The number of hydrogen-bond donors (Lipinski definition) is 1. The van der Waals surface area contributed by atoms with Gasteiger partial charge in [-0.1, -0.05) is 54.6 Å². The van der Waals surface area contributed by atoms with Gasteiger partial charge in [-0.3, -0.25) is 4.79 Å². The van der Waals surface area contributed by atoms with Crippen molar-refractivity contribution in [3.05, 3.63) is 71.3 Å². The molecule has 0 spiro atoms. The Hall–Kier alpha value is -1.35. The van der Waals surface area contributed by atoms with Crippen molar-refractivity contribution in [2.75, 3.05) is 6.54 Å². The Morgan fingerprint density at radius 3 is 2.30 bits per heavy atom. The van der Waals surface area contributed by atoms with Crippen molar-refractivity contribution in [2.45, 2.75) is 12.5 Å². The molecule has 1 aliphatic rings. The van der Waals surface area contributed by atoms with E-state index in [-0.39, 0.29) is 0 Å². The molecule has 104 valence electrons. The molecule has 2 aromatic carbocycles. The van der Waals surface area contributed by atoms with E-state index in [1.165, 1.54) is 16.7 Å². The Balaban J connectivity index is 0.000000328. The van der Waals surface area contributed by atoms with Gasteiger partial charge in [0.1, 0.15) is 0 Å². The zero-order valence-electron chi connectivity index (χ0n) is 10.9. The molecular formula is C16H15Cl2NO. The van der Waals surface area contributed by atoms with Crippen molar-refractivity contribution < 1.29 is 4.79 Å². The van der Waals surface area contributed by atoms with Crippen molar-refractivity contribution in [3.63, 3.8) is 0 Å². The molecule has 0 amide bonds. The van der Waals surface area contributed by atoms with Crippen molar-refractivity contribution in [1.82, 2.24) is 5.32 Å². The maximum Gasteiger partial charge on any atom is 0.313 e. The SMILES string of the molecule is O=C(Cl)Cl.c1ccc([C@@H]2NCCc3ccccc32)cc1. The minimum Gasteiger partial charge on any atom is -0.306 e. The van der Waals surface area contributed by atoms with E-state index in [0.29, 0.717) is 6.04 Å². The van der Waals surface area contributed by atoms with Crippen molar-refractivity contribution in [1.29, 1.82) is 0 Å². The van der Waals surface area contributed by atoms with E-state index in [1.807, 2.05) is 0 Å². The summed E-state index contributed by atoms with van der Waals surface area (Å²) in [6.07, 6.45) is 1.14. The van der Waals surface area contributed by atoms with Crippen LogP contribution in [0.3, 0.4) is 0 Å². The van der Waals surface area contributed by atoms with Crippen molar-refractivity contribution in [2.24, 2.45) is 0 Å². The summed E-state index contributed by atoms with van der Waals surface area (Å²) >= 11 is 8.80. The molecule has 0 bridgehead atoms. The third-order valence-electron chi connectivity index (χ3n) is 3.24. The fourth-order valence-electron chi connectivity index (χ4n) is 2.45. The standard InChI is InChI=1S/C15H15N.CCl2O/c1-2-7-13(8-3-1)15-14-9-5-4-6-12(14)10-11-16-15;2-1(3)4/h1-9,15-16H,10-11H2;/t15-;/m0./s1. The van der Waals surface area contributed by atoms with Crippen LogP contribution in [0.15, 0.2) is 54.6 Å². The number of hydrogen-bond acceptors (Lipinski definition) is 2. The number of rotatable bonds is 1. The summed E-state index contributed by atoms with van der Waals surface area (Å²) in [6, 6.07) is 19.8. The first-order valence-electron chi connectivity index (χ1n) is 6.39. The smallest absolute Gasteiger partial charge is 0.306 e. The first-order chi connectivity index (χ1) is 9.68. The summed E-state index contributed by atoms with van der Waals surface area (Å²) in [5.74, 6) is 0. The highest BCUT2D eigenvalue weighted by Crippen LogP contribution is 2.27. The van der Waals surface area contributed by atoms with Gasteiger partial charge in [0.25, 0.3) is 0 Å². The summed E-state index contributed by atoms with van der Waals surface area (Å²) in [5, 5.41) is 3.59. The molecule has 3 rings (SSSR count). The summed E-state index contributed by atoms with van der Waals surface area (Å²) in [4.78, 5) is 8.98. The molecule has 2 aromatic rings. The Bertz CT molecular complexity index is 568. The van der Waals surface area contributed by atoms with E-state index in [0.717, 1.165) is 13.0 Å². The first kappa shape index (κ1) is 15.0. The van der Waals surface area contributed by atoms with Crippen molar-refractivity contribution in [3.8, 4) is 0 Å². The number of benzene rings is 2. The van der Waals surface area contributed by atoms with E-state index in [1.54, 1.807) is 0 Å². The molecule has 0 radical (unpaired) electrons. The second kappa shape index (κ2) is 7.44. The summed E-state index contributed by atoms with van der Waals surface area (Å²) in [7, 11) is 0. The van der Waals surface area contributed by atoms with Gasteiger partial charge in [-0.05, 0) is 46.3 Å². The van der Waals surface area contributed by atoms with Gasteiger partial charge in [0.2, 0.25) is 0 Å². The lowest BCUT2D eigenvalue weighted by atomic mass is 9.90. The molecule has 4 heteroatoms. The quantitative estimate of drug-likeness (QED) is 0.786. The summed E-state index contributed by atoms with van der Waals surface area (Å²) in [5.41, 5.74) is 4.27. The predicted molar refractivity (Wildman–Crippen MR) is 83.5 cm³/mol. The average molecular weight is 308 g/mol. The Labute approximate surface area is 128 Å². The predicted octanol–water partition coefficient (Wildman–Crippen LogP) is 4.51. The Morgan fingerprint density at radius 2 is 1.60 bits per heavy atom. The van der Waals surface area contributed by atoms with Crippen LogP contribution in [0.1, 0.15) is 22.7 Å². The molecule has 0 fully saturated rings. The topological polar surface area (TPSA) is 29.1 Å². The number of carbonyl (C=O) groups excluding carboxylic acids is 1. The van der Waals surface area contributed by atoms with Gasteiger partial charge in [-0.2, -0.15) is 0 Å². The van der Waals surface area contributed by atoms with Crippen LogP contribution < -0.4 is 5.32 Å². The first-order valence-corrected chi connectivity index (χ1v) is 7.15. The van der Waals surface area contributed by atoms with Gasteiger partial charge in [0.15, 0.2) is 0 Å². The Kier molecular flexibility index (Phi) is 5.60. The van der Waals surface area contributed by atoms with Gasteiger partial charge < -0.3 is 5.32 Å². The van der Waals surface area contributed by atoms with E-state index in [4.69, 9.17) is 4.79 Å². The number of halogens is 2. The molecule has 1 heterocycles. The lowest BCUT2D eigenvalue weighted by Gasteiger charge is -2.27. The highest BCUT2D eigenvalue weighted by molar-refractivity contribution is 6.93. The maximum atomic E-state index is 8.98. The van der Waals surface area contributed by atoms with E-state index < -0.39 is 4.70 Å². The third kappa shape index (κ3) is 4.07. The number of carbonyl (C=O) groups is 1. The van der Waals surface area contributed by atoms with Crippen LogP contribution in [0.2, 0.25) is 0 Å². The van der Waals surface area contributed by atoms with E-state index >= 15 is 0 Å². The van der Waals surface area contributed by atoms with Crippen LogP contribution in [0.5, 0.6) is 0 Å². The fourth-order valence-corrected chi connectivity index (χ4v) is 2.45. The normalized spacial score (nSPS) is 16.6. The number of fused-ring (bicyclic) bond motifs is 1. The zero-order chi connectivity index (χ0) is 14.4. The van der Waals surface area contributed by atoms with Crippen LogP contribution in [0, 0.1) is 0 Å². The Morgan fingerprint density at radius 1 is 1.00 bits per heavy atom. The molecule has 0 aromatic heterocycles. The highest BCUT2D eigenvalue weighted by atomic mass is 35.5. The molecule has 0 saturated carbocycles.